The van der Waals surface area contributed by atoms with Gasteiger partial charge in [-0.2, -0.15) is 0 Å². The van der Waals surface area contributed by atoms with E-state index in [9.17, 15) is 24.2 Å². The Morgan fingerprint density at radius 1 is 0.603 bits per heavy atom. The zero-order chi connectivity index (χ0) is 46.5. The van der Waals surface area contributed by atoms with Crippen LogP contribution in [0.4, 0.5) is 0 Å². The lowest BCUT2D eigenvalue weighted by atomic mass is 10.1. The van der Waals surface area contributed by atoms with Crippen molar-refractivity contribution in [1.82, 2.24) is 0 Å². The van der Waals surface area contributed by atoms with Crippen molar-refractivity contribution >= 4 is 19.8 Å². The molecule has 0 aliphatic heterocycles. The number of aliphatic hydroxyl groups excluding tert-OH is 1. The lowest BCUT2D eigenvalue weighted by molar-refractivity contribution is -0.870. The van der Waals surface area contributed by atoms with Crippen molar-refractivity contribution in [3.63, 3.8) is 0 Å². The van der Waals surface area contributed by atoms with E-state index in [0.717, 1.165) is 57.8 Å². The molecule has 10 nitrogen and oxygen atoms in total. The maximum atomic E-state index is 12.7. The van der Waals surface area contributed by atoms with Crippen LogP contribution in [0.5, 0.6) is 0 Å². The van der Waals surface area contributed by atoms with Crippen LogP contribution >= 0.6 is 7.82 Å². The number of quaternary nitrogens is 1. The van der Waals surface area contributed by atoms with Crippen molar-refractivity contribution in [3.05, 3.63) is 122 Å². The predicted octanol–water partition coefficient (Wildman–Crippen LogP) is 12.0. The summed E-state index contributed by atoms with van der Waals surface area (Å²) >= 11 is 0. The minimum atomic E-state index is -4.67. The Morgan fingerprint density at radius 2 is 1.14 bits per heavy atom. The molecule has 1 N–H and O–H groups in total. The van der Waals surface area contributed by atoms with Gasteiger partial charge in [-0.15, -0.1) is 0 Å². The topological polar surface area (TPSA) is 131 Å². The van der Waals surface area contributed by atoms with Crippen LogP contribution in [0.3, 0.4) is 0 Å². The Balaban J connectivity index is 4.58. The van der Waals surface area contributed by atoms with Gasteiger partial charge in [-0.1, -0.05) is 155 Å². The third-order valence-corrected chi connectivity index (χ3v) is 10.0. The van der Waals surface area contributed by atoms with Gasteiger partial charge in [0.15, 0.2) is 6.10 Å². The Morgan fingerprint density at radius 3 is 1.70 bits per heavy atom. The SMILES string of the molecule is CC/C=C\CC(O)/C=C/C=C/C/C=C\C/C=C\C/C=C\CCC(=O)O[C@H](COC(=O)CCCCC/C=C\C/C=C\C/C=C\C/C=C\CCCCC)COP(=O)([O-])OCC[N+](C)(C)C. The fraction of sp³-hybridized carbons (Fsp3) is 0.577. The Labute approximate surface area is 382 Å². The molecule has 0 rings (SSSR count). The first-order valence-corrected chi connectivity index (χ1v) is 24.8. The first-order chi connectivity index (χ1) is 30.4. The number of aliphatic hydroxyl groups is 1. The molecule has 3 atom stereocenters. The Kier molecular flexibility index (Phi) is 39.9. The monoisotopic (exact) mass is 898 g/mol. The highest BCUT2D eigenvalue weighted by Crippen LogP contribution is 2.38. The highest BCUT2D eigenvalue weighted by molar-refractivity contribution is 7.45. The molecule has 0 aliphatic rings. The van der Waals surface area contributed by atoms with Crippen molar-refractivity contribution in [2.24, 2.45) is 0 Å². The van der Waals surface area contributed by atoms with Crippen molar-refractivity contribution in [2.75, 3.05) is 47.5 Å². The summed E-state index contributed by atoms with van der Waals surface area (Å²) in [6.45, 7) is 3.82. The first kappa shape index (κ1) is 59.4. The molecule has 2 unspecified atom stereocenters. The number of nitrogens with zero attached hydrogens (tertiary/aromatic N) is 1. The van der Waals surface area contributed by atoms with E-state index in [2.05, 4.69) is 80.7 Å². The van der Waals surface area contributed by atoms with Gasteiger partial charge < -0.3 is 33.0 Å². The Hall–Kier alpha value is -3.63. The molecule has 0 fully saturated rings. The number of phosphoric acid groups is 1. The second-order valence-corrected chi connectivity index (χ2v) is 17.6. The lowest BCUT2D eigenvalue weighted by Crippen LogP contribution is -2.37. The van der Waals surface area contributed by atoms with Crippen LogP contribution in [-0.2, 0) is 32.7 Å². The first-order valence-electron chi connectivity index (χ1n) is 23.4. The normalized spacial score (nSPS) is 15.1. The second-order valence-electron chi connectivity index (χ2n) is 16.2. The van der Waals surface area contributed by atoms with Gasteiger partial charge in [0.25, 0.3) is 7.82 Å². The molecular formula is C52H84NO9P. The molecule has 0 bridgehead atoms. The van der Waals surface area contributed by atoms with E-state index in [1.165, 1.54) is 25.7 Å². The average molecular weight is 898 g/mol. The molecule has 0 aromatic heterocycles. The van der Waals surface area contributed by atoms with E-state index in [1.54, 1.807) is 6.08 Å². The molecule has 0 aromatic carbocycles. The summed E-state index contributed by atoms with van der Waals surface area (Å²) in [6, 6.07) is 0. The molecule has 63 heavy (non-hydrogen) atoms. The molecule has 0 saturated carbocycles. The van der Waals surface area contributed by atoms with Crippen molar-refractivity contribution in [1.29, 1.82) is 0 Å². The van der Waals surface area contributed by atoms with Gasteiger partial charge >= 0.3 is 11.9 Å². The minimum absolute atomic E-state index is 0.0645. The van der Waals surface area contributed by atoms with Crippen LogP contribution in [0.2, 0.25) is 0 Å². The summed E-state index contributed by atoms with van der Waals surface area (Å²) < 4.78 is 33.8. The number of rotatable bonds is 40. The maximum Gasteiger partial charge on any atom is 0.306 e. The molecular weight excluding hydrogens is 814 g/mol. The predicted molar refractivity (Wildman–Crippen MR) is 260 cm³/mol. The zero-order valence-corrected chi connectivity index (χ0v) is 40.5. The van der Waals surface area contributed by atoms with Gasteiger partial charge in [0, 0.05) is 12.8 Å². The summed E-state index contributed by atoms with van der Waals surface area (Å²) in [6.07, 6.45) is 55.7. The van der Waals surface area contributed by atoms with Crippen LogP contribution in [0.1, 0.15) is 136 Å². The Bertz CT molecular complexity index is 1500. The van der Waals surface area contributed by atoms with Crippen LogP contribution < -0.4 is 4.89 Å². The number of carbonyl (C=O) groups is 2. The molecule has 356 valence electrons. The minimum Gasteiger partial charge on any atom is -0.756 e. The van der Waals surface area contributed by atoms with Gasteiger partial charge in [0.05, 0.1) is 33.9 Å². The van der Waals surface area contributed by atoms with Crippen molar-refractivity contribution in [3.8, 4) is 0 Å². The number of likely N-dealkylation sites (N-methyl/N-ethyl adjacent to an activating group) is 1. The van der Waals surface area contributed by atoms with E-state index in [1.807, 2.05) is 69.8 Å². The van der Waals surface area contributed by atoms with Crippen LogP contribution in [-0.4, -0.2) is 81.2 Å². The number of phosphoric ester groups is 1. The molecule has 0 aliphatic carbocycles. The standard InChI is InChI=1S/C52H84NO9P/c1-6-8-10-11-12-13-14-15-16-17-18-19-20-23-26-29-32-35-39-43-51(55)59-47-50(48-61-63(57,58)60-46-45-53(3,4)5)62-52(56)44-40-36-33-30-27-24-21-22-25-28-31-34-38-42-49(54)41-37-9-7-2/h9,12-13,15-16,18-19,22-27,31,33-34,36-38,42,49-50,54H,6-8,10-11,14,17,20-21,28-30,32,35,39-41,43-48H2,1-5H3/b13-12-,16-15-,19-18-,25-22-,26-23-,27-24-,34-31+,36-33-,37-9-,42-38+/t49?,50-/m1/s1. The quantitative estimate of drug-likeness (QED) is 0.0159. The molecule has 0 aromatic rings. The van der Waals surface area contributed by atoms with E-state index >= 15 is 0 Å². The van der Waals surface area contributed by atoms with Gasteiger partial charge in [-0.3, -0.25) is 14.2 Å². The molecule has 0 spiro atoms. The summed E-state index contributed by atoms with van der Waals surface area (Å²) in [5, 5.41) is 9.86. The molecule has 11 heteroatoms. The van der Waals surface area contributed by atoms with Crippen LogP contribution in [0, 0.1) is 0 Å². The average Bonchev–Trinajstić information content (AvgIpc) is 3.23. The summed E-state index contributed by atoms with van der Waals surface area (Å²) in [7, 11) is 1.05. The number of unbranched alkanes of at least 4 members (excludes halogenated alkanes) is 6. The van der Waals surface area contributed by atoms with Crippen molar-refractivity contribution in [2.45, 2.75) is 148 Å². The molecule has 0 amide bonds. The van der Waals surface area contributed by atoms with Gasteiger partial charge in [0.2, 0.25) is 0 Å². The van der Waals surface area contributed by atoms with Gasteiger partial charge in [-0.25, -0.2) is 0 Å². The third-order valence-electron chi connectivity index (χ3n) is 9.06. The molecule has 0 radical (unpaired) electrons. The maximum absolute atomic E-state index is 12.7. The molecule has 0 saturated heterocycles. The number of allylic oxidation sites excluding steroid dienone is 18. The van der Waals surface area contributed by atoms with E-state index in [0.29, 0.717) is 36.7 Å². The summed E-state index contributed by atoms with van der Waals surface area (Å²) in [5.41, 5.74) is 0. The van der Waals surface area contributed by atoms with Gasteiger partial charge in [0.1, 0.15) is 19.8 Å². The number of esters is 2. The largest absolute Gasteiger partial charge is 0.756 e. The van der Waals surface area contributed by atoms with E-state index in [4.69, 9.17) is 18.5 Å². The smallest absolute Gasteiger partial charge is 0.306 e. The second kappa shape index (κ2) is 42.3. The van der Waals surface area contributed by atoms with Crippen LogP contribution in [0.25, 0.3) is 0 Å². The van der Waals surface area contributed by atoms with Crippen molar-refractivity contribution < 1.29 is 47.2 Å². The summed E-state index contributed by atoms with van der Waals surface area (Å²) in [5.74, 6) is -1.00. The zero-order valence-electron chi connectivity index (χ0n) is 39.6. The van der Waals surface area contributed by atoms with E-state index < -0.39 is 38.6 Å². The summed E-state index contributed by atoms with van der Waals surface area (Å²) in [4.78, 5) is 37.6. The third kappa shape index (κ3) is 46.2. The number of carbonyl (C=O) groups excluding carboxylic acids is 2. The van der Waals surface area contributed by atoms with E-state index in [-0.39, 0.29) is 26.1 Å². The number of hydrogen-bond donors (Lipinski definition) is 1. The van der Waals surface area contributed by atoms with Gasteiger partial charge in [-0.05, 0) is 89.9 Å². The molecule has 0 heterocycles. The highest BCUT2D eigenvalue weighted by atomic mass is 31.2. The van der Waals surface area contributed by atoms with Crippen LogP contribution in [0.15, 0.2) is 122 Å². The lowest BCUT2D eigenvalue weighted by Gasteiger charge is -2.28. The highest BCUT2D eigenvalue weighted by Gasteiger charge is 2.21. The number of ether oxygens (including phenoxy) is 2. The fourth-order valence-electron chi connectivity index (χ4n) is 5.39. The fourth-order valence-corrected chi connectivity index (χ4v) is 6.12. The number of hydrogen-bond acceptors (Lipinski definition) is 9.